The molecule has 2 aliphatic heterocycles. The van der Waals surface area contributed by atoms with Crippen LogP contribution in [0.4, 0.5) is 0 Å². The van der Waals surface area contributed by atoms with Gasteiger partial charge < -0.3 is 10.2 Å². The molecule has 4 rings (SSSR count). The van der Waals surface area contributed by atoms with Gasteiger partial charge in [0.15, 0.2) is 6.23 Å². The van der Waals surface area contributed by atoms with Gasteiger partial charge in [0.1, 0.15) is 5.75 Å². The summed E-state index contributed by atoms with van der Waals surface area (Å²) in [6, 6.07) is 17.3. The van der Waals surface area contributed by atoms with Gasteiger partial charge in [0.25, 0.3) is 0 Å². The molecule has 2 heterocycles. The number of hydrogen-bond donors (Lipinski definition) is 1. The standard InChI is InChI=1S/C20H22N2OS/c1-14-7-9-15(10-8-14)17-13-18-16-5-3-4-6-19(16)23-20(11-12-24-2)22(18)21-17/h3-10,13,18,20-21H,11-12H2,1-2H3/t18-,20+/m0/s1. The van der Waals surface area contributed by atoms with Crippen molar-refractivity contribution in [1.82, 2.24) is 10.4 Å². The van der Waals surface area contributed by atoms with Crippen molar-refractivity contribution in [2.75, 3.05) is 12.0 Å². The molecular weight excluding hydrogens is 316 g/mol. The van der Waals surface area contributed by atoms with Crippen LogP contribution in [0.3, 0.4) is 0 Å². The van der Waals surface area contributed by atoms with E-state index in [0.717, 1.165) is 23.6 Å². The highest BCUT2D eigenvalue weighted by atomic mass is 32.2. The number of hydrogen-bond acceptors (Lipinski definition) is 4. The first-order valence-corrected chi connectivity index (χ1v) is 9.74. The first kappa shape index (κ1) is 15.6. The Labute approximate surface area is 147 Å². The third-order valence-electron chi connectivity index (χ3n) is 4.62. The number of hydrazine groups is 1. The zero-order valence-corrected chi connectivity index (χ0v) is 14.8. The summed E-state index contributed by atoms with van der Waals surface area (Å²) in [7, 11) is 0. The zero-order chi connectivity index (χ0) is 16.5. The average Bonchev–Trinajstić information content (AvgIpc) is 3.06. The number of nitrogens with one attached hydrogen (secondary N) is 1. The quantitative estimate of drug-likeness (QED) is 0.895. The van der Waals surface area contributed by atoms with Crippen LogP contribution in [-0.2, 0) is 0 Å². The van der Waals surface area contributed by atoms with Crippen molar-refractivity contribution in [3.05, 3.63) is 71.3 Å². The molecule has 0 fully saturated rings. The van der Waals surface area contributed by atoms with Crippen molar-refractivity contribution >= 4 is 17.5 Å². The van der Waals surface area contributed by atoms with E-state index in [9.17, 15) is 0 Å². The molecule has 2 aromatic rings. The second kappa shape index (κ2) is 6.54. The van der Waals surface area contributed by atoms with Gasteiger partial charge in [-0.25, -0.2) is 0 Å². The number of fused-ring (bicyclic) bond motifs is 3. The van der Waals surface area contributed by atoms with Crippen LogP contribution in [0, 0.1) is 6.92 Å². The van der Waals surface area contributed by atoms with Gasteiger partial charge in [-0.2, -0.15) is 16.8 Å². The highest BCUT2D eigenvalue weighted by Gasteiger charge is 2.38. The normalized spacial score (nSPS) is 22.2. The second-order valence-corrected chi connectivity index (χ2v) is 7.29. The van der Waals surface area contributed by atoms with Crippen LogP contribution < -0.4 is 10.2 Å². The van der Waals surface area contributed by atoms with Crippen LogP contribution in [0.25, 0.3) is 5.70 Å². The van der Waals surface area contributed by atoms with Crippen molar-refractivity contribution < 1.29 is 4.74 Å². The van der Waals surface area contributed by atoms with E-state index in [1.165, 1.54) is 16.7 Å². The Bertz CT molecular complexity index is 756. The van der Waals surface area contributed by atoms with Crippen molar-refractivity contribution in [3.63, 3.8) is 0 Å². The Hall–Kier alpha value is -1.91. The van der Waals surface area contributed by atoms with E-state index in [2.05, 4.69) is 72.2 Å². The van der Waals surface area contributed by atoms with Gasteiger partial charge in [0.2, 0.25) is 0 Å². The first-order chi connectivity index (χ1) is 11.8. The summed E-state index contributed by atoms with van der Waals surface area (Å²) in [5.74, 6) is 2.09. The summed E-state index contributed by atoms with van der Waals surface area (Å²) in [4.78, 5) is 0. The fourth-order valence-corrected chi connectivity index (χ4v) is 3.76. The minimum absolute atomic E-state index is 0.0524. The molecule has 1 N–H and O–H groups in total. The van der Waals surface area contributed by atoms with Crippen LogP contribution in [0.1, 0.15) is 29.2 Å². The molecule has 0 aliphatic carbocycles. The molecule has 24 heavy (non-hydrogen) atoms. The van der Waals surface area contributed by atoms with E-state index in [1.54, 1.807) is 0 Å². The summed E-state index contributed by atoms with van der Waals surface area (Å²) < 4.78 is 6.27. The third-order valence-corrected chi connectivity index (χ3v) is 5.26. The Morgan fingerprint density at radius 2 is 1.92 bits per heavy atom. The molecule has 2 aliphatic rings. The van der Waals surface area contributed by atoms with Gasteiger partial charge in [-0.15, -0.1) is 0 Å². The van der Waals surface area contributed by atoms with Crippen LogP contribution in [0.2, 0.25) is 0 Å². The Morgan fingerprint density at radius 3 is 2.71 bits per heavy atom. The van der Waals surface area contributed by atoms with Crippen molar-refractivity contribution in [2.24, 2.45) is 0 Å². The summed E-state index contributed by atoms with van der Waals surface area (Å²) in [5, 5.41) is 2.26. The van der Waals surface area contributed by atoms with E-state index in [-0.39, 0.29) is 12.3 Å². The first-order valence-electron chi connectivity index (χ1n) is 8.34. The molecular formula is C20H22N2OS. The maximum atomic E-state index is 6.27. The van der Waals surface area contributed by atoms with Gasteiger partial charge in [0.05, 0.1) is 11.7 Å². The van der Waals surface area contributed by atoms with E-state index in [1.807, 2.05) is 17.8 Å². The van der Waals surface area contributed by atoms with Crippen LogP contribution in [0.5, 0.6) is 5.75 Å². The van der Waals surface area contributed by atoms with Crippen molar-refractivity contribution in [1.29, 1.82) is 0 Å². The van der Waals surface area contributed by atoms with E-state index < -0.39 is 0 Å². The molecule has 0 unspecified atom stereocenters. The fraction of sp³-hybridized carbons (Fsp3) is 0.300. The van der Waals surface area contributed by atoms with Crippen LogP contribution in [-0.4, -0.2) is 23.2 Å². The van der Waals surface area contributed by atoms with E-state index >= 15 is 0 Å². The lowest BCUT2D eigenvalue weighted by Crippen LogP contribution is -2.48. The van der Waals surface area contributed by atoms with E-state index in [4.69, 9.17) is 4.74 Å². The van der Waals surface area contributed by atoms with Gasteiger partial charge >= 0.3 is 0 Å². The lowest BCUT2D eigenvalue weighted by Gasteiger charge is -2.38. The predicted octanol–water partition coefficient (Wildman–Crippen LogP) is 4.37. The topological polar surface area (TPSA) is 24.5 Å². The number of rotatable bonds is 4. The molecule has 0 bridgehead atoms. The van der Waals surface area contributed by atoms with Gasteiger partial charge in [-0.3, -0.25) is 0 Å². The minimum Gasteiger partial charge on any atom is -0.473 e. The van der Waals surface area contributed by atoms with Crippen molar-refractivity contribution in [3.8, 4) is 5.75 Å². The van der Waals surface area contributed by atoms with Crippen LogP contribution >= 0.6 is 11.8 Å². The number of benzene rings is 2. The second-order valence-electron chi connectivity index (χ2n) is 6.30. The molecule has 4 heteroatoms. The van der Waals surface area contributed by atoms with Gasteiger partial charge in [0, 0.05) is 12.0 Å². The highest BCUT2D eigenvalue weighted by molar-refractivity contribution is 7.98. The monoisotopic (exact) mass is 338 g/mol. The number of aryl methyl sites for hydroxylation is 1. The Morgan fingerprint density at radius 1 is 1.12 bits per heavy atom. The fourth-order valence-electron chi connectivity index (χ4n) is 3.32. The number of para-hydroxylation sites is 1. The molecule has 0 radical (unpaired) electrons. The Kier molecular flexibility index (Phi) is 4.25. The third kappa shape index (κ3) is 2.80. The Balaban J connectivity index is 1.68. The smallest absolute Gasteiger partial charge is 0.170 e. The summed E-state index contributed by atoms with van der Waals surface area (Å²) in [6.07, 6.45) is 5.50. The molecule has 3 nitrogen and oxygen atoms in total. The average molecular weight is 338 g/mol. The molecule has 0 amide bonds. The lowest BCUT2D eigenvalue weighted by molar-refractivity contribution is -0.0313. The summed E-state index contributed by atoms with van der Waals surface area (Å²) in [6.45, 7) is 2.12. The maximum absolute atomic E-state index is 6.27. The molecule has 2 aromatic carbocycles. The molecule has 0 spiro atoms. The number of thioether (sulfide) groups is 1. The zero-order valence-electron chi connectivity index (χ0n) is 14.0. The maximum Gasteiger partial charge on any atom is 0.170 e. The number of ether oxygens (including phenoxy) is 1. The highest BCUT2D eigenvalue weighted by Crippen LogP contribution is 2.42. The molecule has 0 aromatic heterocycles. The molecule has 2 atom stereocenters. The predicted molar refractivity (Wildman–Crippen MR) is 101 cm³/mol. The minimum atomic E-state index is 0.0524. The van der Waals surface area contributed by atoms with E-state index in [0.29, 0.717) is 0 Å². The SMILES string of the molecule is CSCC[C@H]1Oc2ccccc2[C@@H]2C=C(c3ccc(C)cc3)NN12. The molecule has 0 saturated carbocycles. The van der Waals surface area contributed by atoms with Crippen molar-refractivity contribution in [2.45, 2.75) is 25.6 Å². The lowest BCUT2D eigenvalue weighted by atomic mass is 10.0. The van der Waals surface area contributed by atoms with Crippen LogP contribution in [0.15, 0.2) is 54.6 Å². The largest absolute Gasteiger partial charge is 0.473 e. The van der Waals surface area contributed by atoms with Gasteiger partial charge in [-0.05, 0) is 36.6 Å². The molecule has 0 saturated heterocycles. The number of nitrogens with zero attached hydrogens (tertiary/aromatic N) is 1. The molecule has 124 valence electrons. The summed E-state index contributed by atoms with van der Waals surface area (Å²) >= 11 is 1.86. The van der Waals surface area contributed by atoms with Gasteiger partial charge in [-0.1, -0.05) is 48.0 Å². The summed E-state index contributed by atoms with van der Waals surface area (Å²) in [5.41, 5.74) is 8.48.